The Labute approximate surface area is 66.2 Å². The minimum atomic E-state index is -0.104. The molecule has 2 nitrogen and oxygen atoms in total. The highest BCUT2D eigenvalue weighted by Crippen LogP contribution is 2.29. The molecule has 0 radical (unpaired) electrons. The first-order chi connectivity index (χ1) is 5.16. The highest BCUT2D eigenvalue weighted by atomic mass is 16.3. The van der Waals surface area contributed by atoms with E-state index in [2.05, 4.69) is 6.58 Å². The van der Waals surface area contributed by atoms with Gasteiger partial charge < -0.3 is 5.11 Å². The first-order valence-corrected chi connectivity index (χ1v) is 3.69. The zero-order valence-electron chi connectivity index (χ0n) is 6.63. The summed E-state index contributed by atoms with van der Waals surface area (Å²) < 4.78 is 0. The Balaban J connectivity index is 2.78. The van der Waals surface area contributed by atoms with Crippen molar-refractivity contribution in [2.75, 3.05) is 0 Å². The van der Waals surface area contributed by atoms with Crippen molar-refractivity contribution >= 4 is 5.78 Å². The van der Waals surface area contributed by atoms with E-state index < -0.39 is 0 Å². The third-order valence-electron chi connectivity index (χ3n) is 2.11. The van der Waals surface area contributed by atoms with Crippen molar-refractivity contribution in [3.63, 3.8) is 0 Å². The van der Waals surface area contributed by atoms with E-state index in [0.29, 0.717) is 6.42 Å². The quantitative estimate of drug-likeness (QED) is 0.614. The predicted molar refractivity (Wildman–Crippen MR) is 43.3 cm³/mol. The van der Waals surface area contributed by atoms with Crippen molar-refractivity contribution in [2.45, 2.75) is 19.8 Å². The van der Waals surface area contributed by atoms with Gasteiger partial charge in [0, 0.05) is 5.92 Å². The van der Waals surface area contributed by atoms with Crippen LogP contribution in [0.1, 0.15) is 19.8 Å². The average molecular weight is 152 g/mol. The Morgan fingerprint density at radius 1 is 1.82 bits per heavy atom. The molecule has 1 rings (SSSR count). The van der Waals surface area contributed by atoms with Gasteiger partial charge in [-0.15, -0.1) is 6.58 Å². The third kappa shape index (κ3) is 1.34. The first-order valence-electron chi connectivity index (χ1n) is 3.69. The topological polar surface area (TPSA) is 37.3 Å². The molecule has 60 valence electrons. The summed E-state index contributed by atoms with van der Waals surface area (Å²) in [5.41, 5.74) is 0.815. The fourth-order valence-corrected chi connectivity index (χ4v) is 1.35. The van der Waals surface area contributed by atoms with Crippen LogP contribution in [0, 0.1) is 5.92 Å². The molecule has 2 heteroatoms. The van der Waals surface area contributed by atoms with E-state index >= 15 is 0 Å². The van der Waals surface area contributed by atoms with Crippen molar-refractivity contribution in [2.24, 2.45) is 5.92 Å². The van der Waals surface area contributed by atoms with Crippen molar-refractivity contribution in [1.29, 1.82) is 0 Å². The van der Waals surface area contributed by atoms with E-state index in [1.54, 1.807) is 13.0 Å². The summed E-state index contributed by atoms with van der Waals surface area (Å²) in [4.78, 5) is 11.1. The van der Waals surface area contributed by atoms with E-state index in [1.165, 1.54) is 0 Å². The summed E-state index contributed by atoms with van der Waals surface area (Å²) in [5, 5.41) is 9.19. The molecule has 0 spiro atoms. The lowest BCUT2D eigenvalue weighted by atomic mass is 9.98. The molecule has 1 N–H and O–H groups in total. The smallest absolute Gasteiger partial charge is 0.147 e. The van der Waals surface area contributed by atoms with Crippen LogP contribution in [-0.2, 0) is 4.79 Å². The Bertz CT molecular complexity index is 226. The molecule has 11 heavy (non-hydrogen) atoms. The van der Waals surface area contributed by atoms with E-state index in [1.807, 2.05) is 0 Å². The number of ketones is 1. The van der Waals surface area contributed by atoms with Crippen molar-refractivity contribution < 1.29 is 9.90 Å². The SMILES string of the molecule is C=CC[C@@H]1C(=O)CC(O)=C1C. The summed E-state index contributed by atoms with van der Waals surface area (Å²) in [6, 6.07) is 0. The Hall–Kier alpha value is -1.05. The zero-order valence-corrected chi connectivity index (χ0v) is 6.63. The van der Waals surface area contributed by atoms with Gasteiger partial charge in [-0.2, -0.15) is 0 Å². The van der Waals surface area contributed by atoms with Gasteiger partial charge in [0.2, 0.25) is 0 Å². The molecule has 0 aromatic carbocycles. The molecule has 0 heterocycles. The maximum absolute atomic E-state index is 11.1. The van der Waals surface area contributed by atoms with Crippen LogP contribution in [0.15, 0.2) is 24.0 Å². The van der Waals surface area contributed by atoms with Crippen LogP contribution >= 0.6 is 0 Å². The first kappa shape index (κ1) is 8.05. The zero-order chi connectivity index (χ0) is 8.43. The van der Waals surface area contributed by atoms with Crippen LogP contribution in [0.2, 0.25) is 0 Å². The minimum Gasteiger partial charge on any atom is -0.512 e. The summed E-state index contributed by atoms with van der Waals surface area (Å²) in [6.07, 6.45) is 2.57. The van der Waals surface area contributed by atoms with Crippen molar-refractivity contribution in [3.05, 3.63) is 24.0 Å². The van der Waals surface area contributed by atoms with E-state index in [-0.39, 0.29) is 23.9 Å². The second kappa shape index (κ2) is 2.91. The molecule has 0 aromatic heterocycles. The lowest BCUT2D eigenvalue weighted by Gasteiger charge is -2.04. The molecule has 1 atom stereocenters. The summed E-state index contributed by atoms with van der Waals surface area (Å²) in [5.74, 6) is 0.259. The van der Waals surface area contributed by atoms with Gasteiger partial charge in [0.15, 0.2) is 0 Å². The number of carbonyl (C=O) groups is 1. The van der Waals surface area contributed by atoms with Gasteiger partial charge in [-0.3, -0.25) is 4.79 Å². The van der Waals surface area contributed by atoms with Crippen molar-refractivity contribution in [1.82, 2.24) is 0 Å². The lowest BCUT2D eigenvalue weighted by Crippen LogP contribution is -2.07. The molecule has 0 fully saturated rings. The van der Waals surface area contributed by atoms with Gasteiger partial charge in [0.25, 0.3) is 0 Å². The Kier molecular flexibility index (Phi) is 2.13. The maximum Gasteiger partial charge on any atom is 0.147 e. The Morgan fingerprint density at radius 2 is 2.45 bits per heavy atom. The average Bonchev–Trinajstić information content (AvgIpc) is 2.17. The molecule has 0 unspecified atom stereocenters. The molecular formula is C9H12O2. The molecule has 0 saturated heterocycles. The highest BCUT2D eigenvalue weighted by Gasteiger charge is 2.28. The van der Waals surface area contributed by atoms with Gasteiger partial charge in [0.1, 0.15) is 5.78 Å². The number of carbonyl (C=O) groups excluding carboxylic acids is 1. The number of allylic oxidation sites excluding steroid dienone is 3. The van der Waals surface area contributed by atoms with Gasteiger partial charge in [-0.25, -0.2) is 0 Å². The second-order valence-electron chi connectivity index (χ2n) is 2.85. The van der Waals surface area contributed by atoms with Crippen molar-refractivity contribution in [3.8, 4) is 0 Å². The van der Waals surface area contributed by atoms with Crippen LogP contribution in [0.3, 0.4) is 0 Å². The van der Waals surface area contributed by atoms with Crippen LogP contribution in [-0.4, -0.2) is 10.9 Å². The summed E-state index contributed by atoms with van der Waals surface area (Å²) >= 11 is 0. The molecule has 1 aliphatic rings. The van der Waals surface area contributed by atoms with E-state index in [4.69, 9.17) is 0 Å². The van der Waals surface area contributed by atoms with Crippen LogP contribution < -0.4 is 0 Å². The van der Waals surface area contributed by atoms with Gasteiger partial charge in [0.05, 0.1) is 12.2 Å². The molecule has 0 aromatic rings. The van der Waals surface area contributed by atoms with E-state index in [0.717, 1.165) is 5.57 Å². The van der Waals surface area contributed by atoms with E-state index in [9.17, 15) is 9.90 Å². The molecule has 0 amide bonds. The molecule has 0 saturated carbocycles. The number of aliphatic hydroxyl groups is 1. The Morgan fingerprint density at radius 3 is 2.82 bits per heavy atom. The number of rotatable bonds is 2. The number of hydrogen-bond donors (Lipinski definition) is 1. The molecular weight excluding hydrogens is 140 g/mol. The standard InChI is InChI=1S/C9H12O2/c1-3-4-7-6(2)8(10)5-9(7)11/h3,7,10H,1,4-5H2,2H3/t7-/m0/s1. The largest absolute Gasteiger partial charge is 0.512 e. The molecule has 0 aliphatic heterocycles. The second-order valence-corrected chi connectivity index (χ2v) is 2.85. The van der Waals surface area contributed by atoms with Gasteiger partial charge >= 0.3 is 0 Å². The minimum absolute atomic E-state index is 0.104. The molecule has 0 bridgehead atoms. The van der Waals surface area contributed by atoms with Gasteiger partial charge in [-0.1, -0.05) is 6.08 Å². The highest BCUT2D eigenvalue weighted by molar-refractivity contribution is 5.89. The number of Topliss-reactive ketones (excluding diaryl/α,β-unsaturated/α-hetero) is 1. The normalized spacial score (nSPS) is 24.5. The monoisotopic (exact) mass is 152 g/mol. The van der Waals surface area contributed by atoms with Crippen LogP contribution in [0.4, 0.5) is 0 Å². The third-order valence-corrected chi connectivity index (χ3v) is 2.11. The van der Waals surface area contributed by atoms with Gasteiger partial charge in [-0.05, 0) is 18.9 Å². The molecule has 1 aliphatic carbocycles. The predicted octanol–water partition coefficient (Wildman–Crippen LogP) is 1.98. The summed E-state index contributed by atoms with van der Waals surface area (Å²) in [6.45, 7) is 5.36. The number of hydrogen-bond acceptors (Lipinski definition) is 2. The van der Waals surface area contributed by atoms with Crippen LogP contribution in [0.25, 0.3) is 0 Å². The maximum atomic E-state index is 11.1. The van der Waals surface area contributed by atoms with Crippen LogP contribution in [0.5, 0.6) is 0 Å². The summed E-state index contributed by atoms with van der Waals surface area (Å²) in [7, 11) is 0. The fourth-order valence-electron chi connectivity index (χ4n) is 1.35. The number of aliphatic hydroxyl groups excluding tert-OH is 1. The fraction of sp³-hybridized carbons (Fsp3) is 0.444. The lowest BCUT2D eigenvalue weighted by molar-refractivity contribution is -0.120.